The van der Waals surface area contributed by atoms with Crippen molar-refractivity contribution in [3.8, 4) is 0 Å². The summed E-state index contributed by atoms with van der Waals surface area (Å²) < 4.78 is 0. The predicted molar refractivity (Wildman–Crippen MR) is 69.0 cm³/mol. The summed E-state index contributed by atoms with van der Waals surface area (Å²) >= 11 is 0. The second kappa shape index (κ2) is 7.09. The summed E-state index contributed by atoms with van der Waals surface area (Å²) in [5.74, 6) is 1.65. The van der Waals surface area contributed by atoms with E-state index >= 15 is 0 Å². The highest BCUT2D eigenvalue weighted by atomic mass is 14.2. The zero-order chi connectivity index (χ0) is 11.1. The molecule has 1 saturated carbocycles. The van der Waals surface area contributed by atoms with Crippen LogP contribution in [-0.4, -0.2) is 0 Å². The Bertz CT molecular complexity index is 178. The Balaban J connectivity index is 2.43. The first kappa shape index (κ1) is 12.8. The van der Waals surface area contributed by atoms with Crippen molar-refractivity contribution >= 4 is 0 Å². The Morgan fingerprint density at radius 1 is 1.07 bits per heavy atom. The van der Waals surface area contributed by atoms with Crippen LogP contribution < -0.4 is 0 Å². The minimum atomic E-state index is 0.822. The van der Waals surface area contributed by atoms with Crippen molar-refractivity contribution in [3.05, 3.63) is 12.2 Å². The molecule has 0 N–H and O–H groups in total. The van der Waals surface area contributed by atoms with Gasteiger partial charge in [0.05, 0.1) is 0 Å². The van der Waals surface area contributed by atoms with E-state index < -0.39 is 0 Å². The largest absolute Gasteiger partial charge is 0.0996 e. The summed E-state index contributed by atoms with van der Waals surface area (Å²) in [6.45, 7) is 9.00. The molecule has 0 amide bonds. The highest BCUT2D eigenvalue weighted by molar-refractivity contribution is 5.01. The molecule has 0 heteroatoms. The van der Waals surface area contributed by atoms with Crippen molar-refractivity contribution < 1.29 is 0 Å². The van der Waals surface area contributed by atoms with Gasteiger partial charge in [-0.2, -0.15) is 0 Å². The van der Waals surface area contributed by atoms with Gasteiger partial charge in [-0.15, -0.1) is 0 Å². The first-order valence-corrected chi connectivity index (χ1v) is 6.88. The second-order valence-electron chi connectivity index (χ2n) is 5.64. The summed E-state index contributed by atoms with van der Waals surface area (Å²) in [6, 6.07) is 0. The lowest BCUT2D eigenvalue weighted by Crippen LogP contribution is -2.08. The lowest BCUT2D eigenvalue weighted by molar-refractivity contribution is 0.396. The molecule has 0 bridgehead atoms. The third-order valence-electron chi connectivity index (χ3n) is 3.63. The van der Waals surface area contributed by atoms with Crippen LogP contribution >= 0.6 is 0 Å². The predicted octanol–water partition coefficient (Wildman–Crippen LogP) is 5.34. The van der Waals surface area contributed by atoms with Crippen LogP contribution in [0.3, 0.4) is 0 Å². The minimum absolute atomic E-state index is 0.822. The number of rotatable bonds is 2. The van der Waals surface area contributed by atoms with Gasteiger partial charge >= 0.3 is 0 Å². The summed E-state index contributed by atoms with van der Waals surface area (Å²) in [5, 5.41) is 0. The molecule has 0 radical (unpaired) electrons. The molecule has 1 atom stereocenters. The first-order valence-electron chi connectivity index (χ1n) is 6.88. The Kier molecular flexibility index (Phi) is 6.05. The molecule has 0 aromatic carbocycles. The Hall–Kier alpha value is -0.260. The quantitative estimate of drug-likeness (QED) is 0.537. The molecule has 0 saturated heterocycles. The Labute approximate surface area is 96.2 Å². The fraction of sp³-hybridized carbons (Fsp3) is 0.867. The van der Waals surface area contributed by atoms with Gasteiger partial charge in [-0.1, -0.05) is 58.1 Å². The molecule has 88 valence electrons. The van der Waals surface area contributed by atoms with Crippen molar-refractivity contribution in [1.82, 2.24) is 0 Å². The summed E-state index contributed by atoms with van der Waals surface area (Å²) in [4.78, 5) is 0. The molecule has 0 aromatic heterocycles. The molecular formula is C15H28. The maximum absolute atomic E-state index is 4.32. The summed E-state index contributed by atoms with van der Waals surface area (Å²) in [5.41, 5.74) is 1.55. The second-order valence-corrected chi connectivity index (χ2v) is 5.64. The van der Waals surface area contributed by atoms with Crippen LogP contribution in [-0.2, 0) is 0 Å². The topological polar surface area (TPSA) is 0 Å². The van der Waals surface area contributed by atoms with Gasteiger partial charge in [-0.05, 0) is 37.5 Å². The molecular weight excluding hydrogens is 180 g/mol. The van der Waals surface area contributed by atoms with Crippen molar-refractivity contribution in [2.45, 2.75) is 71.6 Å². The molecule has 0 aromatic rings. The molecule has 0 spiro atoms. The fourth-order valence-electron chi connectivity index (χ4n) is 2.71. The maximum atomic E-state index is 4.32. The molecule has 1 aliphatic rings. The summed E-state index contributed by atoms with van der Waals surface area (Å²) in [7, 11) is 0. The van der Waals surface area contributed by atoms with E-state index in [1.54, 1.807) is 5.57 Å². The molecule has 1 rings (SSSR count). The van der Waals surface area contributed by atoms with Gasteiger partial charge in [0, 0.05) is 0 Å². The van der Waals surface area contributed by atoms with Crippen LogP contribution in [0.15, 0.2) is 12.2 Å². The molecule has 1 fully saturated rings. The highest BCUT2D eigenvalue weighted by Gasteiger charge is 2.14. The third-order valence-corrected chi connectivity index (χ3v) is 3.63. The molecule has 1 unspecified atom stereocenters. The van der Waals surface area contributed by atoms with Gasteiger partial charge in [0.25, 0.3) is 0 Å². The van der Waals surface area contributed by atoms with Crippen molar-refractivity contribution in [1.29, 1.82) is 0 Å². The Morgan fingerprint density at radius 2 is 1.67 bits per heavy atom. The first-order chi connectivity index (χ1) is 7.20. The zero-order valence-corrected chi connectivity index (χ0v) is 10.7. The number of allylic oxidation sites excluding steroid dienone is 1. The maximum Gasteiger partial charge on any atom is -0.0203 e. The van der Waals surface area contributed by atoms with Gasteiger partial charge in [-0.3, -0.25) is 0 Å². The standard InChI is InChI=1S/C15H28/c1-13(2)12-15-11-9-7-5-4-6-8-10-14(15)3/h13,15H,3-12H2,1-2H3. The molecule has 0 nitrogen and oxygen atoms in total. The van der Waals surface area contributed by atoms with Gasteiger partial charge in [0.2, 0.25) is 0 Å². The van der Waals surface area contributed by atoms with Gasteiger partial charge in [0.15, 0.2) is 0 Å². The number of hydrogen-bond acceptors (Lipinski definition) is 0. The smallest absolute Gasteiger partial charge is 0.0203 e. The van der Waals surface area contributed by atoms with Crippen molar-refractivity contribution in [2.75, 3.05) is 0 Å². The van der Waals surface area contributed by atoms with E-state index in [1.807, 2.05) is 0 Å². The monoisotopic (exact) mass is 208 g/mol. The van der Waals surface area contributed by atoms with E-state index in [1.165, 1.54) is 57.8 Å². The third kappa shape index (κ3) is 5.39. The van der Waals surface area contributed by atoms with E-state index in [0.29, 0.717) is 0 Å². The Morgan fingerprint density at radius 3 is 2.33 bits per heavy atom. The van der Waals surface area contributed by atoms with E-state index in [0.717, 1.165) is 11.8 Å². The lowest BCUT2D eigenvalue weighted by Gasteiger charge is -2.22. The van der Waals surface area contributed by atoms with E-state index in [4.69, 9.17) is 0 Å². The SMILES string of the molecule is C=C1CCCCCCCCC1CC(C)C. The van der Waals surface area contributed by atoms with Gasteiger partial charge in [-0.25, -0.2) is 0 Å². The van der Waals surface area contributed by atoms with Gasteiger partial charge < -0.3 is 0 Å². The fourth-order valence-corrected chi connectivity index (χ4v) is 2.71. The van der Waals surface area contributed by atoms with Crippen LogP contribution in [0.25, 0.3) is 0 Å². The lowest BCUT2D eigenvalue weighted by atomic mass is 9.83. The average Bonchev–Trinajstić information content (AvgIpc) is 2.19. The molecule has 15 heavy (non-hydrogen) atoms. The molecule has 1 aliphatic carbocycles. The van der Waals surface area contributed by atoms with E-state index in [2.05, 4.69) is 20.4 Å². The van der Waals surface area contributed by atoms with Crippen molar-refractivity contribution in [2.24, 2.45) is 11.8 Å². The van der Waals surface area contributed by atoms with Crippen LogP contribution in [0.1, 0.15) is 71.6 Å². The van der Waals surface area contributed by atoms with Crippen LogP contribution in [0.4, 0.5) is 0 Å². The number of hydrogen-bond donors (Lipinski definition) is 0. The minimum Gasteiger partial charge on any atom is -0.0996 e. The van der Waals surface area contributed by atoms with E-state index in [9.17, 15) is 0 Å². The van der Waals surface area contributed by atoms with Crippen LogP contribution in [0.5, 0.6) is 0 Å². The normalized spacial score (nSPS) is 25.5. The molecule has 0 aliphatic heterocycles. The van der Waals surface area contributed by atoms with Gasteiger partial charge in [0.1, 0.15) is 0 Å². The average molecular weight is 208 g/mol. The van der Waals surface area contributed by atoms with Crippen LogP contribution in [0, 0.1) is 11.8 Å². The van der Waals surface area contributed by atoms with Crippen LogP contribution in [0.2, 0.25) is 0 Å². The van der Waals surface area contributed by atoms with Crippen molar-refractivity contribution in [3.63, 3.8) is 0 Å². The van der Waals surface area contributed by atoms with E-state index in [-0.39, 0.29) is 0 Å². The zero-order valence-electron chi connectivity index (χ0n) is 10.7. The highest BCUT2D eigenvalue weighted by Crippen LogP contribution is 2.29. The summed E-state index contributed by atoms with van der Waals surface area (Å²) in [6.07, 6.45) is 12.6. The molecule has 0 heterocycles.